The van der Waals surface area contributed by atoms with Crippen molar-refractivity contribution in [2.24, 2.45) is 0 Å². The lowest BCUT2D eigenvalue weighted by atomic mass is 10.1. The molecule has 0 aliphatic rings. The van der Waals surface area contributed by atoms with E-state index in [0.717, 1.165) is 32.7 Å². The molecule has 0 unspecified atom stereocenters. The van der Waals surface area contributed by atoms with E-state index < -0.39 is 0 Å². The van der Waals surface area contributed by atoms with Crippen molar-refractivity contribution in [3.05, 3.63) is 35.4 Å². The fraction of sp³-hybridized carbons (Fsp3) is 0.600. The molecule has 0 heterocycles. The van der Waals surface area contributed by atoms with Crippen LogP contribution in [0.2, 0.25) is 0 Å². The second-order valence-electron chi connectivity index (χ2n) is 4.45. The van der Waals surface area contributed by atoms with Gasteiger partial charge in [0, 0.05) is 13.1 Å². The maximum atomic E-state index is 3.42. The standard InChI is InChI=1S/C15H26N2/c1-4-11-16-12-14-7-9-15(10-8-14)13-17(5-2)6-3/h7-10,16H,4-6,11-13H2,1-3H3. The molecule has 1 N–H and O–H groups in total. The summed E-state index contributed by atoms with van der Waals surface area (Å²) in [6.07, 6.45) is 1.19. The molecule has 0 amide bonds. The molecule has 0 bridgehead atoms. The summed E-state index contributed by atoms with van der Waals surface area (Å²) >= 11 is 0. The summed E-state index contributed by atoms with van der Waals surface area (Å²) in [6.45, 7) is 12.0. The predicted molar refractivity (Wildman–Crippen MR) is 75.1 cm³/mol. The number of hydrogen-bond donors (Lipinski definition) is 1. The molecule has 0 saturated heterocycles. The minimum Gasteiger partial charge on any atom is -0.313 e. The number of rotatable bonds is 8. The molecule has 0 spiro atoms. The summed E-state index contributed by atoms with van der Waals surface area (Å²) in [5.74, 6) is 0. The third-order valence-electron chi connectivity index (χ3n) is 3.08. The van der Waals surface area contributed by atoms with Crippen LogP contribution < -0.4 is 5.32 Å². The van der Waals surface area contributed by atoms with E-state index in [1.165, 1.54) is 17.5 Å². The zero-order valence-corrected chi connectivity index (χ0v) is 11.5. The Hall–Kier alpha value is -0.860. The third-order valence-corrected chi connectivity index (χ3v) is 3.08. The van der Waals surface area contributed by atoms with Crippen LogP contribution in [0.25, 0.3) is 0 Å². The average Bonchev–Trinajstić information content (AvgIpc) is 2.38. The van der Waals surface area contributed by atoms with Gasteiger partial charge in [0.15, 0.2) is 0 Å². The largest absolute Gasteiger partial charge is 0.313 e. The maximum Gasteiger partial charge on any atom is 0.0233 e. The molecule has 0 saturated carbocycles. The minimum atomic E-state index is 0.986. The van der Waals surface area contributed by atoms with E-state index >= 15 is 0 Å². The van der Waals surface area contributed by atoms with Gasteiger partial charge in [0.2, 0.25) is 0 Å². The Morgan fingerprint density at radius 2 is 1.53 bits per heavy atom. The van der Waals surface area contributed by atoms with Crippen molar-refractivity contribution in [1.82, 2.24) is 10.2 Å². The van der Waals surface area contributed by atoms with Crippen LogP contribution in [0, 0.1) is 0 Å². The lowest BCUT2D eigenvalue weighted by molar-refractivity contribution is 0.296. The van der Waals surface area contributed by atoms with Crippen LogP contribution in [0.4, 0.5) is 0 Å². The van der Waals surface area contributed by atoms with E-state index in [4.69, 9.17) is 0 Å². The highest BCUT2D eigenvalue weighted by Gasteiger charge is 2.00. The summed E-state index contributed by atoms with van der Waals surface area (Å²) in [5.41, 5.74) is 2.79. The zero-order valence-electron chi connectivity index (χ0n) is 11.5. The zero-order chi connectivity index (χ0) is 12.5. The molecule has 0 aromatic heterocycles. The van der Waals surface area contributed by atoms with E-state index in [9.17, 15) is 0 Å². The first-order valence-electron chi connectivity index (χ1n) is 6.81. The molecule has 0 aliphatic heterocycles. The van der Waals surface area contributed by atoms with Gasteiger partial charge in [-0.1, -0.05) is 45.0 Å². The summed E-state index contributed by atoms with van der Waals surface area (Å²) < 4.78 is 0. The SMILES string of the molecule is CCCNCc1ccc(CN(CC)CC)cc1. The first kappa shape index (κ1) is 14.2. The molecule has 1 rings (SSSR count). The number of hydrogen-bond acceptors (Lipinski definition) is 2. The number of nitrogens with one attached hydrogen (secondary N) is 1. The van der Waals surface area contributed by atoms with Crippen molar-refractivity contribution in [1.29, 1.82) is 0 Å². The first-order valence-corrected chi connectivity index (χ1v) is 6.81. The lowest BCUT2D eigenvalue weighted by Crippen LogP contribution is -2.22. The van der Waals surface area contributed by atoms with Crippen LogP contribution in [0.3, 0.4) is 0 Å². The molecule has 96 valence electrons. The Labute approximate surface area is 106 Å². The first-order chi connectivity index (χ1) is 8.30. The van der Waals surface area contributed by atoms with Crippen molar-refractivity contribution >= 4 is 0 Å². The van der Waals surface area contributed by atoms with Crippen molar-refractivity contribution in [3.63, 3.8) is 0 Å². The lowest BCUT2D eigenvalue weighted by Gasteiger charge is -2.18. The van der Waals surface area contributed by atoms with E-state index in [-0.39, 0.29) is 0 Å². The van der Waals surface area contributed by atoms with E-state index in [2.05, 4.69) is 55.3 Å². The summed E-state index contributed by atoms with van der Waals surface area (Å²) in [4.78, 5) is 2.43. The van der Waals surface area contributed by atoms with Crippen LogP contribution >= 0.6 is 0 Å². The van der Waals surface area contributed by atoms with Gasteiger partial charge >= 0.3 is 0 Å². The van der Waals surface area contributed by atoms with Gasteiger partial charge in [-0.25, -0.2) is 0 Å². The molecule has 1 aromatic rings. The highest BCUT2D eigenvalue weighted by atomic mass is 15.1. The van der Waals surface area contributed by atoms with Gasteiger partial charge in [-0.05, 0) is 37.2 Å². The summed E-state index contributed by atoms with van der Waals surface area (Å²) in [7, 11) is 0. The summed E-state index contributed by atoms with van der Waals surface area (Å²) in [5, 5.41) is 3.42. The van der Waals surface area contributed by atoms with Crippen LogP contribution in [0.15, 0.2) is 24.3 Å². The highest BCUT2D eigenvalue weighted by molar-refractivity contribution is 5.22. The van der Waals surface area contributed by atoms with Crippen molar-refractivity contribution in [2.75, 3.05) is 19.6 Å². The van der Waals surface area contributed by atoms with Gasteiger partial charge in [-0.15, -0.1) is 0 Å². The van der Waals surface area contributed by atoms with Gasteiger partial charge in [0.1, 0.15) is 0 Å². The molecule has 0 aliphatic carbocycles. The normalized spacial score (nSPS) is 11.1. The molecule has 1 aromatic carbocycles. The van der Waals surface area contributed by atoms with Crippen LogP contribution in [-0.2, 0) is 13.1 Å². The van der Waals surface area contributed by atoms with Crippen LogP contribution in [0.5, 0.6) is 0 Å². The van der Waals surface area contributed by atoms with Crippen LogP contribution in [-0.4, -0.2) is 24.5 Å². The van der Waals surface area contributed by atoms with Crippen molar-refractivity contribution in [2.45, 2.75) is 40.3 Å². The molecule has 0 fully saturated rings. The Balaban J connectivity index is 2.44. The molecular formula is C15H26N2. The monoisotopic (exact) mass is 234 g/mol. The average molecular weight is 234 g/mol. The van der Waals surface area contributed by atoms with Crippen LogP contribution in [0.1, 0.15) is 38.3 Å². The smallest absolute Gasteiger partial charge is 0.0233 e. The molecule has 17 heavy (non-hydrogen) atoms. The molecule has 2 nitrogen and oxygen atoms in total. The molecule has 0 radical (unpaired) electrons. The van der Waals surface area contributed by atoms with Gasteiger partial charge < -0.3 is 5.32 Å². The van der Waals surface area contributed by atoms with Crippen molar-refractivity contribution < 1.29 is 0 Å². The quantitative estimate of drug-likeness (QED) is 0.696. The second kappa shape index (κ2) is 8.26. The molecule has 2 heteroatoms. The fourth-order valence-electron chi connectivity index (χ4n) is 1.88. The Bertz CT molecular complexity index is 288. The van der Waals surface area contributed by atoms with Crippen molar-refractivity contribution in [3.8, 4) is 0 Å². The maximum absolute atomic E-state index is 3.42. The molecule has 0 atom stereocenters. The van der Waals surface area contributed by atoms with Gasteiger partial charge in [0.25, 0.3) is 0 Å². The van der Waals surface area contributed by atoms with Gasteiger partial charge in [-0.2, -0.15) is 0 Å². The van der Waals surface area contributed by atoms with Gasteiger partial charge in [0.05, 0.1) is 0 Å². The number of benzene rings is 1. The van der Waals surface area contributed by atoms with E-state index in [1.807, 2.05) is 0 Å². The minimum absolute atomic E-state index is 0.986. The Morgan fingerprint density at radius 1 is 0.941 bits per heavy atom. The second-order valence-corrected chi connectivity index (χ2v) is 4.45. The Morgan fingerprint density at radius 3 is 2.06 bits per heavy atom. The third kappa shape index (κ3) is 5.33. The Kier molecular flexibility index (Phi) is 6.90. The van der Waals surface area contributed by atoms with Gasteiger partial charge in [-0.3, -0.25) is 4.90 Å². The predicted octanol–water partition coefficient (Wildman–Crippen LogP) is 3.03. The fourth-order valence-corrected chi connectivity index (χ4v) is 1.88. The topological polar surface area (TPSA) is 15.3 Å². The summed E-state index contributed by atoms with van der Waals surface area (Å²) in [6, 6.07) is 8.98. The highest BCUT2D eigenvalue weighted by Crippen LogP contribution is 2.07. The number of nitrogens with zero attached hydrogens (tertiary/aromatic N) is 1. The van der Waals surface area contributed by atoms with E-state index in [0.29, 0.717) is 0 Å². The van der Waals surface area contributed by atoms with E-state index in [1.54, 1.807) is 0 Å². The molecular weight excluding hydrogens is 208 g/mol.